The normalized spacial score (nSPS) is 19.9. The Bertz CT molecular complexity index is 608. The molecule has 0 radical (unpaired) electrons. The van der Waals surface area contributed by atoms with Crippen LogP contribution in [-0.2, 0) is 9.53 Å². The lowest BCUT2D eigenvalue weighted by Gasteiger charge is -2.26. The molecule has 0 unspecified atom stereocenters. The van der Waals surface area contributed by atoms with Crippen molar-refractivity contribution in [2.75, 3.05) is 44.1 Å². The summed E-state index contributed by atoms with van der Waals surface area (Å²) in [5, 5.41) is 2.84. The van der Waals surface area contributed by atoms with Crippen LogP contribution >= 0.6 is 0 Å². The molecule has 1 aromatic heterocycles. The van der Waals surface area contributed by atoms with Gasteiger partial charge in [-0.25, -0.2) is 9.97 Å². The molecule has 1 N–H and O–H groups in total. The number of rotatable bonds is 5. The van der Waals surface area contributed by atoms with Gasteiger partial charge in [0, 0.05) is 40.4 Å². The van der Waals surface area contributed by atoms with Crippen molar-refractivity contribution in [2.45, 2.75) is 25.5 Å². The number of methoxy groups -OCH3 is 1. The summed E-state index contributed by atoms with van der Waals surface area (Å²) < 4.78 is 5.49. The number of aromatic nitrogens is 2. The van der Waals surface area contributed by atoms with Crippen molar-refractivity contribution in [3.05, 3.63) is 12.4 Å². The second-order valence-corrected chi connectivity index (χ2v) is 5.61. The molecule has 23 heavy (non-hydrogen) atoms. The van der Waals surface area contributed by atoms with Crippen molar-refractivity contribution in [3.8, 4) is 11.8 Å². The average molecular weight is 317 g/mol. The molecule has 2 atom stereocenters. The van der Waals surface area contributed by atoms with E-state index in [-0.39, 0.29) is 18.1 Å². The van der Waals surface area contributed by atoms with Crippen LogP contribution in [0.4, 0.5) is 11.6 Å². The molecule has 1 fully saturated rings. The van der Waals surface area contributed by atoms with Gasteiger partial charge in [-0.2, -0.15) is 0 Å². The van der Waals surface area contributed by atoms with E-state index in [9.17, 15) is 4.79 Å². The van der Waals surface area contributed by atoms with E-state index < -0.39 is 0 Å². The smallest absolute Gasteiger partial charge is 0.295 e. The molecular weight excluding hydrogens is 294 g/mol. The molecule has 0 aliphatic carbocycles. The van der Waals surface area contributed by atoms with Crippen LogP contribution < -0.4 is 15.1 Å². The topological polar surface area (TPSA) is 70.6 Å². The predicted octanol–water partition coefficient (Wildman–Crippen LogP) is 0.276. The Kier molecular flexibility index (Phi) is 5.77. The van der Waals surface area contributed by atoms with E-state index >= 15 is 0 Å². The van der Waals surface area contributed by atoms with E-state index in [0.29, 0.717) is 6.54 Å². The van der Waals surface area contributed by atoms with Crippen LogP contribution in [0, 0.1) is 11.8 Å². The molecule has 124 valence electrons. The highest BCUT2D eigenvalue weighted by molar-refractivity contribution is 5.93. The minimum atomic E-state index is -0.259. The van der Waals surface area contributed by atoms with Crippen LogP contribution in [0.2, 0.25) is 0 Å². The summed E-state index contributed by atoms with van der Waals surface area (Å²) in [7, 11) is 5.59. The molecule has 7 nitrogen and oxygen atoms in total. The molecule has 1 aliphatic heterocycles. The van der Waals surface area contributed by atoms with Gasteiger partial charge in [0.15, 0.2) is 0 Å². The lowest BCUT2D eigenvalue weighted by molar-refractivity contribution is -0.115. The van der Waals surface area contributed by atoms with Crippen molar-refractivity contribution >= 4 is 17.5 Å². The van der Waals surface area contributed by atoms with Crippen LogP contribution in [-0.4, -0.2) is 62.3 Å². The van der Waals surface area contributed by atoms with Crippen molar-refractivity contribution in [1.29, 1.82) is 0 Å². The predicted molar refractivity (Wildman–Crippen MR) is 89.4 cm³/mol. The molecule has 0 saturated carbocycles. The Morgan fingerprint density at radius 3 is 2.96 bits per heavy atom. The second kappa shape index (κ2) is 7.79. The summed E-state index contributed by atoms with van der Waals surface area (Å²) in [4.78, 5) is 24.3. The molecular formula is C16H23N5O2. The second-order valence-electron chi connectivity index (χ2n) is 5.61. The summed E-state index contributed by atoms with van der Waals surface area (Å²) in [5.74, 6) is 6.51. The van der Waals surface area contributed by atoms with Crippen LogP contribution in [0.15, 0.2) is 12.4 Å². The highest BCUT2D eigenvalue weighted by atomic mass is 16.5. The quantitative estimate of drug-likeness (QED) is 0.787. The fourth-order valence-corrected chi connectivity index (χ4v) is 2.63. The van der Waals surface area contributed by atoms with Crippen LogP contribution in [0.25, 0.3) is 0 Å². The number of nitrogens with zero attached hydrogens (tertiary/aromatic N) is 4. The fourth-order valence-electron chi connectivity index (χ4n) is 2.63. The van der Waals surface area contributed by atoms with Crippen LogP contribution in [0.1, 0.15) is 13.3 Å². The summed E-state index contributed by atoms with van der Waals surface area (Å²) in [6.45, 7) is 2.89. The minimum absolute atomic E-state index is 0.118. The third-order valence-corrected chi connectivity index (χ3v) is 3.84. The van der Waals surface area contributed by atoms with E-state index in [1.54, 1.807) is 20.4 Å². The molecule has 1 saturated heterocycles. The number of ether oxygens (including phenoxy) is 1. The van der Waals surface area contributed by atoms with Gasteiger partial charge in [-0.1, -0.05) is 5.92 Å². The van der Waals surface area contributed by atoms with Gasteiger partial charge in [-0.3, -0.25) is 4.79 Å². The molecule has 0 bridgehead atoms. The van der Waals surface area contributed by atoms with Crippen molar-refractivity contribution in [2.24, 2.45) is 0 Å². The first-order chi connectivity index (χ1) is 11.0. The zero-order valence-corrected chi connectivity index (χ0v) is 14.0. The summed E-state index contributed by atoms with van der Waals surface area (Å²) in [6, 6.07) is 2.06. The molecule has 1 aliphatic rings. The van der Waals surface area contributed by atoms with Gasteiger partial charge >= 0.3 is 0 Å². The van der Waals surface area contributed by atoms with Gasteiger partial charge < -0.3 is 19.9 Å². The number of nitrogens with one attached hydrogen (secondary N) is 1. The van der Waals surface area contributed by atoms with Gasteiger partial charge in [0.1, 0.15) is 18.0 Å². The third kappa shape index (κ3) is 4.33. The highest BCUT2D eigenvalue weighted by Gasteiger charge is 2.33. The van der Waals surface area contributed by atoms with Gasteiger partial charge in [0.25, 0.3) is 5.91 Å². The Labute approximate surface area is 137 Å². The first kappa shape index (κ1) is 17.0. The Hall–Kier alpha value is -2.33. The summed E-state index contributed by atoms with van der Waals surface area (Å²) >= 11 is 0. The Morgan fingerprint density at radius 1 is 1.52 bits per heavy atom. The fraction of sp³-hybridized carbons (Fsp3) is 0.562. The lowest BCUT2D eigenvalue weighted by atomic mass is 10.2. The molecule has 7 heteroatoms. The van der Waals surface area contributed by atoms with E-state index in [1.165, 1.54) is 0 Å². The summed E-state index contributed by atoms with van der Waals surface area (Å²) in [5.41, 5.74) is 0. The largest absolute Gasteiger partial charge is 0.380 e. The minimum Gasteiger partial charge on any atom is -0.380 e. The van der Waals surface area contributed by atoms with Gasteiger partial charge in [0.2, 0.25) is 0 Å². The SMILES string of the molecule is CC#CC(=O)NC[C@H]1C[C@@H](OC)CN1c1cc(N(C)C)ncn1. The maximum absolute atomic E-state index is 11.6. The number of carbonyl (C=O) groups is 1. The van der Waals surface area contributed by atoms with E-state index in [2.05, 4.69) is 32.0 Å². The molecule has 1 aromatic rings. The molecule has 2 rings (SSSR count). The van der Waals surface area contributed by atoms with E-state index in [1.807, 2.05) is 25.1 Å². The molecule has 0 spiro atoms. The molecule has 0 aromatic carbocycles. The standard InChI is InChI=1S/C16H23N5O2/c1-5-6-16(22)17-9-12-7-13(23-4)10-21(12)15-8-14(20(2)3)18-11-19-15/h8,11-13H,7,9-10H2,1-4H3,(H,17,22)/t12-,13-/m1/s1. The van der Waals surface area contributed by atoms with Gasteiger partial charge in [-0.15, -0.1) is 0 Å². The number of carbonyl (C=O) groups excluding carboxylic acids is 1. The van der Waals surface area contributed by atoms with Crippen molar-refractivity contribution in [1.82, 2.24) is 15.3 Å². The molecule has 1 amide bonds. The highest BCUT2D eigenvalue weighted by Crippen LogP contribution is 2.26. The van der Waals surface area contributed by atoms with Crippen molar-refractivity contribution in [3.63, 3.8) is 0 Å². The number of amides is 1. The maximum atomic E-state index is 11.6. The zero-order valence-electron chi connectivity index (χ0n) is 14.0. The summed E-state index contributed by atoms with van der Waals surface area (Å²) in [6.07, 6.45) is 2.51. The van der Waals surface area contributed by atoms with Gasteiger partial charge in [0.05, 0.1) is 12.1 Å². The van der Waals surface area contributed by atoms with E-state index in [0.717, 1.165) is 24.6 Å². The maximum Gasteiger partial charge on any atom is 0.295 e. The third-order valence-electron chi connectivity index (χ3n) is 3.84. The average Bonchev–Trinajstić information content (AvgIpc) is 2.96. The first-order valence-corrected chi connectivity index (χ1v) is 7.54. The van der Waals surface area contributed by atoms with E-state index in [4.69, 9.17) is 4.74 Å². The van der Waals surface area contributed by atoms with Crippen LogP contribution in [0.3, 0.4) is 0 Å². The Morgan fingerprint density at radius 2 is 2.30 bits per heavy atom. The Balaban J connectivity index is 2.14. The first-order valence-electron chi connectivity index (χ1n) is 7.54. The van der Waals surface area contributed by atoms with Crippen molar-refractivity contribution < 1.29 is 9.53 Å². The molecule has 2 heterocycles. The lowest BCUT2D eigenvalue weighted by Crippen LogP contribution is -2.40. The number of hydrogen-bond donors (Lipinski definition) is 1. The number of hydrogen-bond acceptors (Lipinski definition) is 6. The zero-order chi connectivity index (χ0) is 16.8. The monoisotopic (exact) mass is 317 g/mol. The number of anilines is 2. The van der Waals surface area contributed by atoms with Gasteiger partial charge in [-0.05, 0) is 19.3 Å². The van der Waals surface area contributed by atoms with Crippen LogP contribution in [0.5, 0.6) is 0 Å².